The molecule has 0 aliphatic carbocycles. The molecular formula is C30H31N3O9S2. The van der Waals surface area contributed by atoms with Gasteiger partial charge < -0.3 is 24.5 Å². The van der Waals surface area contributed by atoms with Crippen LogP contribution in [0.3, 0.4) is 0 Å². The Bertz CT molecular complexity index is 1790. The number of amides is 1. The molecule has 2 heterocycles. The summed E-state index contributed by atoms with van der Waals surface area (Å²) in [6.45, 7) is -0.291. The monoisotopic (exact) mass is 641 g/mol. The molecule has 2 aromatic carbocycles. The summed E-state index contributed by atoms with van der Waals surface area (Å²) >= 11 is 1.37. The number of fused-ring (bicyclic) bond motifs is 1. The number of carboxylic acid groups (broad SMARTS) is 1. The quantitative estimate of drug-likeness (QED) is 0.130. The van der Waals surface area contributed by atoms with Gasteiger partial charge >= 0.3 is 11.9 Å². The fraction of sp³-hybridized carbons (Fsp3) is 0.267. The Labute approximate surface area is 257 Å². The number of rotatable bonds is 15. The Balaban J connectivity index is 1.72. The van der Waals surface area contributed by atoms with Gasteiger partial charge in [-0.25, -0.2) is 8.42 Å². The van der Waals surface area contributed by atoms with Crippen LogP contribution in [0, 0.1) is 0 Å². The molecule has 232 valence electrons. The van der Waals surface area contributed by atoms with E-state index < -0.39 is 40.5 Å². The van der Waals surface area contributed by atoms with Crippen molar-refractivity contribution < 1.29 is 37.4 Å². The lowest BCUT2D eigenvalue weighted by atomic mass is 10.0. The third kappa shape index (κ3) is 8.52. The average molecular weight is 642 g/mol. The van der Waals surface area contributed by atoms with Gasteiger partial charge in [0, 0.05) is 28.4 Å². The molecule has 0 bridgehead atoms. The highest BCUT2D eigenvalue weighted by Crippen LogP contribution is 2.30. The van der Waals surface area contributed by atoms with E-state index in [1.807, 2.05) is 5.38 Å². The number of nitrogens with one attached hydrogen (secondary N) is 2. The van der Waals surface area contributed by atoms with Gasteiger partial charge in [-0.05, 0) is 60.0 Å². The van der Waals surface area contributed by atoms with Gasteiger partial charge in [0.2, 0.25) is 21.5 Å². The van der Waals surface area contributed by atoms with E-state index in [4.69, 9.17) is 14.6 Å². The lowest BCUT2D eigenvalue weighted by Gasteiger charge is -2.28. The topological polar surface area (TPSA) is 172 Å². The van der Waals surface area contributed by atoms with Crippen LogP contribution in [0.4, 0.5) is 0 Å². The van der Waals surface area contributed by atoms with Crippen molar-refractivity contribution in [2.75, 3.05) is 20.3 Å². The number of para-hydroxylation sites is 1. The largest absolute Gasteiger partial charge is 0.493 e. The van der Waals surface area contributed by atoms with E-state index >= 15 is 0 Å². The number of aliphatic carboxylic acids is 1. The smallest absolute Gasteiger partial charge is 0.325 e. The van der Waals surface area contributed by atoms with Gasteiger partial charge in [0.15, 0.2) is 0 Å². The number of sulfonamides is 1. The number of carboxylic acids is 1. The zero-order valence-electron chi connectivity index (χ0n) is 23.7. The molecule has 12 nitrogen and oxygen atoms in total. The highest BCUT2D eigenvalue weighted by Gasteiger charge is 2.34. The average Bonchev–Trinajstić information content (AvgIpc) is 3.52. The highest BCUT2D eigenvalue weighted by atomic mass is 32.2. The van der Waals surface area contributed by atoms with Crippen LogP contribution in [-0.4, -0.2) is 61.5 Å². The van der Waals surface area contributed by atoms with E-state index in [1.165, 1.54) is 53.7 Å². The first kappa shape index (κ1) is 32.4. The molecule has 1 amide bonds. The molecule has 4 aromatic rings. The third-order valence-electron chi connectivity index (χ3n) is 6.58. The van der Waals surface area contributed by atoms with Crippen molar-refractivity contribution in [2.45, 2.75) is 36.7 Å². The van der Waals surface area contributed by atoms with Crippen molar-refractivity contribution in [1.29, 1.82) is 0 Å². The first-order valence-corrected chi connectivity index (χ1v) is 15.9. The zero-order chi connectivity index (χ0) is 31.7. The summed E-state index contributed by atoms with van der Waals surface area (Å²) < 4.78 is 40.8. The van der Waals surface area contributed by atoms with Gasteiger partial charge in [-0.3, -0.25) is 19.2 Å². The number of pyridine rings is 1. The summed E-state index contributed by atoms with van der Waals surface area (Å²) in [4.78, 5) is 53.6. The number of thiophene rings is 1. The summed E-state index contributed by atoms with van der Waals surface area (Å²) in [5.74, 6) is -2.13. The van der Waals surface area contributed by atoms with E-state index in [2.05, 4.69) is 9.71 Å². The molecule has 0 radical (unpaired) electrons. The molecule has 14 heteroatoms. The number of aromatic nitrogens is 1. The normalized spacial score (nSPS) is 12.0. The minimum atomic E-state index is -4.36. The maximum atomic E-state index is 14.2. The fourth-order valence-corrected chi connectivity index (χ4v) is 6.31. The second kappa shape index (κ2) is 14.8. The van der Waals surface area contributed by atoms with Crippen LogP contribution in [0.15, 0.2) is 81.8 Å². The molecule has 0 unspecified atom stereocenters. The standard InChI is InChI=1S/C30H31N3O9S2/c1-41-28(37)19-33(18-21-7-6-16-43-21)30(38)29(23-8-2-3-9-25(23)42-15-5-4-10-27(35)36)32-44(39,40)22-12-13-24-20(17-22)11-14-26(34)31-24/h2-3,6-9,11-14,16-17,29,32H,4-5,10,15,18-19H2,1H3,(H,31,34)(H,35,36)/t29-/m1/s1. The van der Waals surface area contributed by atoms with Crippen molar-refractivity contribution in [3.05, 3.63) is 92.9 Å². The van der Waals surface area contributed by atoms with Gasteiger partial charge in [0.25, 0.3) is 0 Å². The maximum Gasteiger partial charge on any atom is 0.325 e. The molecule has 0 spiro atoms. The van der Waals surface area contributed by atoms with E-state index in [-0.39, 0.29) is 41.3 Å². The predicted octanol–water partition coefficient (Wildman–Crippen LogP) is 3.44. The Hall–Kier alpha value is -4.53. The molecule has 44 heavy (non-hydrogen) atoms. The molecule has 3 N–H and O–H groups in total. The lowest BCUT2D eigenvalue weighted by Crippen LogP contribution is -2.44. The molecule has 0 saturated heterocycles. The van der Waals surface area contributed by atoms with Crippen molar-refractivity contribution in [1.82, 2.24) is 14.6 Å². The van der Waals surface area contributed by atoms with Crippen LogP contribution >= 0.6 is 11.3 Å². The number of H-pyrrole nitrogens is 1. The van der Waals surface area contributed by atoms with E-state index in [9.17, 15) is 27.6 Å². The number of aromatic amines is 1. The van der Waals surface area contributed by atoms with E-state index in [1.54, 1.807) is 36.4 Å². The molecular weight excluding hydrogens is 610 g/mol. The highest BCUT2D eigenvalue weighted by molar-refractivity contribution is 7.89. The molecule has 1 atom stereocenters. The van der Waals surface area contributed by atoms with Crippen LogP contribution in [-0.2, 0) is 35.7 Å². The second-order valence-electron chi connectivity index (χ2n) is 9.71. The van der Waals surface area contributed by atoms with Crippen LogP contribution < -0.4 is 15.0 Å². The van der Waals surface area contributed by atoms with Gasteiger partial charge in [-0.15, -0.1) is 11.3 Å². The number of hydrogen-bond acceptors (Lipinski definition) is 9. The molecule has 2 aromatic heterocycles. The van der Waals surface area contributed by atoms with E-state index in [0.29, 0.717) is 23.7 Å². The Morgan fingerprint density at radius 3 is 2.57 bits per heavy atom. The van der Waals surface area contributed by atoms with Gasteiger partial charge in [0.05, 0.1) is 25.2 Å². The number of hydrogen-bond donors (Lipinski definition) is 3. The van der Waals surface area contributed by atoms with Crippen molar-refractivity contribution in [3.8, 4) is 5.75 Å². The molecule has 0 aliphatic heterocycles. The number of methoxy groups -OCH3 is 1. The molecule has 4 rings (SSSR count). The number of nitrogens with zero attached hydrogens (tertiary/aromatic N) is 1. The van der Waals surface area contributed by atoms with Crippen molar-refractivity contribution >= 4 is 50.1 Å². The fourth-order valence-electron chi connectivity index (χ4n) is 4.39. The predicted molar refractivity (Wildman–Crippen MR) is 163 cm³/mol. The lowest BCUT2D eigenvalue weighted by molar-refractivity contribution is -0.148. The zero-order valence-corrected chi connectivity index (χ0v) is 25.4. The molecule has 0 fully saturated rings. The van der Waals surface area contributed by atoms with Gasteiger partial charge in [-0.1, -0.05) is 24.3 Å². The first-order chi connectivity index (χ1) is 21.1. The summed E-state index contributed by atoms with van der Waals surface area (Å²) in [5, 5.41) is 11.2. The second-order valence-corrected chi connectivity index (χ2v) is 12.5. The van der Waals surface area contributed by atoms with Crippen LogP contribution in [0.1, 0.15) is 35.7 Å². The SMILES string of the molecule is COC(=O)CN(Cc1cccs1)C(=O)[C@H](NS(=O)(=O)c1ccc2[nH]c(=O)ccc2c1)c1ccccc1OCCCCC(=O)O. The maximum absolute atomic E-state index is 14.2. The van der Waals surface area contributed by atoms with Crippen LogP contribution in [0.25, 0.3) is 10.9 Å². The Morgan fingerprint density at radius 2 is 1.84 bits per heavy atom. The number of carbonyl (C=O) groups excluding carboxylic acids is 2. The van der Waals surface area contributed by atoms with Crippen molar-refractivity contribution in [2.24, 2.45) is 0 Å². The molecule has 0 saturated carbocycles. The number of benzene rings is 2. The number of esters is 1. The van der Waals surface area contributed by atoms with Crippen LogP contribution in [0.5, 0.6) is 5.75 Å². The minimum Gasteiger partial charge on any atom is -0.493 e. The van der Waals surface area contributed by atoms with Crippen LogP contribution in [0.2, 0.25) is 0 Å². The van der Waals surface area contributed by atoms with E-state index in [0.717, 1.165) is 4.88 Å². The number of ether oxygens (including phenoxy) is 2. The number of unbranched alkanes of at least 4 members (excludes halogenated alkanes) is 1. The molecule has 0 aliphatic rings. The Kier molecular flexibility index (Phi) is 10.9. The Morgan fingerprint density at radius 1 is 1.05 bits per heavy atom. The summed E-state index contributed by atoms with van der Waals surface area (Å²) in [7, 11) is -3.17. The summed E-state index contributed by atoms with van der Waals surface area (Å²) in [6.07, 6.45) is 0.751. The third-order valence-corrected chi connectivity index (χ3v) is 8.87. The summed E-state index contributed by atoms with van der Waals surface area (Å²) in [5.41, 5.74) is 0.296. The minimum absolute atomic E-state index is 0.0192. The summed E-state index contributed by atoms with van der Waals surface area (Å²) in [6, 6.07) is 15.4. The van der Waals surface area contributed by atoms with Gasteiger partial charge in [0.1, 0.15) is 18.3 Å². The number of carbonyl (C=O) groups is 3. The van der Waals surface area contributed by atoms with Crippen molar-refractivity contribution in [3.63, 3.8) is 0 Å². The first-order valence-electron chi connectivity index (χ1n) is 13.5. The van der Waals surface area contributed by atoms with Gasteiger partial charge in [-0.2, -0.15) is 4.72 Å².